The highest BCUT2D eigenvalue weighted by Gasteiger charge is 2.23. The van der Waals surface area contributed by atoms with E-state index in [-0.39, 0.29) is 10.6 Å². The zero-order valence-electron chi connectivity index (χ0n) is 12.0. The van der Waals surface area contributed by atoms with Crippen molar-refractivity contribution >= 4 is 21.4 Å². The SMILES string of the molecule is COc1ccc(N(C)S(=O)(=O)c2cccc([N+](=O)[O-])c2)cc1. The Bertz CT molecular complexity index is 787. The predicted octanol–water partition coefficient (Wildman–Crippen LogP) is 2.43. The van der Waals surface area contributed by atoms with E-state index in [2.05, 4.69) is 0 Å². The number of methoxy groups -OCH3 is 1. The maximum atomic E-state index is 12.5. The Morgan fingerprint density at radius 1 is 1.14 bits per heavy atom. The molecule has 0 aliphatic carbocycles. The smallest absolute Gasteiger partial charge is 0.270 e. The van der Waals surface area contributed by atoms with Crippen LogP contribution >= 0.6 is 0 Å². The number of anilines is 1. The molecule has 0 aliphatic heterocycles. The van der Waals surface area contributed by atoms with Crippen LogP contribution in [0.4, 0.5) is 11.4 Å². The first kappa shape index (κ1) is 15.8. The molecule has 0 N–H and O–H groups in total. The highest BCUT2D eigenvalue weighted by Crippen LogP contribution is 2.26. The number of non-ortho nitro benzene ring substituents is 1. The van der Waals surface area contributed by atoms with Gasteiger partial charge in [-0.15, -0.1) is 0 Å². The Kier molecular flexibility index (Phi) is 4.32. The molecule has 22 heavy (non-hydrogen) atoms. The summed E-state index contributed by atoms with van der Waals surface area (Å²) in [6.45, 7) is 0. The lowest BCUT2D eigenvalue weighted by molar-refractivity contribution is -0.385. The minimum atomic E-state index is -3.88. The maximum Gasteiger partial charge on any atom is 0.270 e. The van der Waals surface area contributed by atoms with Crippen molar-refractivity contribution in [3.05, 3.63) is 58.6 Å². The molecule has 0 aromatic heterocycles. The van der Waals surface area contributed by atoms with Gasteiger partial charge in [0.25, 0.3) is 15.7 Å². The van der Waals surface area contributed by atoms with Crippen molar-refractivity contribution in [3.63, 3.8) is 0 Å². The van der Waals surface area contributed by atoms with E-state index >= 15 is 0 Å². The van der Waals surface area contributed by atoms with Crippen LogP contribution in [0.15, 0.2) is 53.4 Å². The van der Waals surface area contributed by atoms with Gasteiger partial charge in [0.1, 0.15) is 5.75 Å². The van der Waals surface area contributed by atoms with Gasteiger partial charge in [0.15, 0.2) is 0 Å². The van der Waals surface area contributed by atoms with Gasteiger partial charge >= 0.3 is 0 Å². The molecule has 0 unspecified atom stereocenters. The molecule has 0 bridgehead atoms. The second kappa shape index (κ2) is 6.02. The molecule has 0 spiro atoms. The number of benzene rings is 2. The second-order valence-electron chi connectivity index (χ2n) is 4.43. The average Bonchev–Trinajstić information content (AvgIpc) is 2.54. The van der Waals surface area contributed by atoms with Crippen LogP contribution < -0.4 is 9.04 Å². The number of sulfonamides is 1. The molecule has 0 fully saturated rings. The number of hydrogen-bond donors (Lipinski definition) is 0. The van der Waals surface area contributed by atoms with Gasteiger partial charge in [-0.1, -0.05) is 6.07 Å². The van der Waals surface area contributed by atoms with Crippen LogP contribution in [0.2, 0.25) is 0 Å². The molecule has 0 radical (unpaired) electrons. The summed E-state index contributed by atoms with van der Waals surface area (Å²) < 4.78 is 31.1. The quantitative estimate of drug-likeness (QED) is 0.623. The zero-order chi connectivity index (χ0) is 16.3. The van der Waals surface area contributed by atoms with Crippen molar-refractivity contribution < 1.29 is 18.1 Å². The summed E-state index contributed by atoms with van der Waals surface area (Å²) in [5.41, 5.74) is 0.150. The van der Waals surface area contributed by atoms with Gasteiger partial charge in [0.2, 0.25) is 0 Å². The van der Waals surface area contributed by atoms with Crippen molar-refractivity contribution in [2.75, 3.05) is 18.5 Å². The Morgan fingerprint density at radius 3 is 2.32 bits per heavy atom. The molecule has 8 heteroatoms. The fourth-order valence-electron chi connectivity index (χ4n) is 1.85. The first-order chi connectivity index (χ1) is 10.4. The Balaban J connectivity index is 2.40. The molecule has 2 aromatic carbocycles. The van der Waals surface area contributed by atoms with Gasteiger partial charge in [-0.2, -0.15) is 0 Å². The number of nitrogens with zero attached hydrogens (tertiary/aromatic N) is 2. The highest BCUT2D eigenvalue weighted by atomic mass is 32.2. The molecule has 116 valence electrons. The number of nitro benzene ring substituents is 1. The molecule has 7 nitrogen and oxygen atoms in total. The molecule has 0 heterocycles. The predicted molar refractivity (Wildman–Crippen MR) is 81.7 cm³/mol. The van der Waals surface area contributed by atoms with E-state index in [0.717, 1.165) is 10.4 Å². The monoisotopic (exact) mass is 322 g/mol. The van der Waals surface area contributed by atoms with Gasteiger partial charge in [-0.3, -0.25) is 14.4 Å². The van der Waals surface area contributed by atoms with E-state index < -0.39 is 14.9 Å². The van der Waals surface area contributed by atoms with E-state index in [1.807, 2.05) is 0 Å². The molecular weight excluding hydrogens is 308 g/mol. The largest absolute Gasteiger partial charge is 0.497 e. The Labute approximate surface area is 128 Å². The average molecular weight is 322 g/mol. The van der Waals surface area contributed by atoms with Crippen molar-refractivity contribution in [1.82, 2.24) is 0 Å². The summed E-state index contributed by atoms with van der Waals surface area (Å²) in [7, 11) is -0.982. The van der Waals surface area contributed by atoms with Gasteiger partial charge in [0, 0.05) is 19.2 Å². The van der Waals surface area contributed by atoms with E-state index in [1.165, 1.54) is 32.4 Å². The molecular formula is C14H14N2O5S. The molecule has 0 saturated heterocycles. The number of ether oxygens (including phenoxy) is 1. The van der Waals surface area contributed by atoms with E-state index in [0.29, 0.717) is 11.4 Å². The lowest BCUT2D eigenvalue weighted by Gasteiger charge is -2.19. The van der Waals surface area contributed by atoms with Gasteiger partial charge in [-0.25, -0.2) is 8.42 Å². The van der Waals surface area contributed by atoms with Crippen molar-refractivity contribution in [3.8, 4) is 5.75 Å². The Morgan fingerprint density at radius 2 is 1.77 bits per heavy atom. The minimum Gasteiger partial charge on any atom is -0.497 e. The summed E-state index contributed by atoms with van der Waals surface area (Å²) in [5, 5.41) is 10.8. The lowest BCUT2D eigenvalue weighted by Crippen LogP contribution is -2.26. The summed E-state index contributed by atoms with van der Waals surface area (Å²) in [4.78, 5) is 10.0. The molecule has 0 atom stereocenters. The van der Waals surface area contributed by atoms with Crippen LogP contribution in [-0.4, -0.2) is 27.5 Å². The molecule has 0 aliphatic rings. The van der Waals surface area contributed by atoms with Gasteiger partial charge < -0.3 is 4.74 Å². The van der Waals surface area contributed by atoms with Crippen LogP contribution in [0.3, 0.4) is 0 Å². The van der Waals surface area contributed by atoms with Crippen LogP contribution in [0.1, 0.15) is 0 Å². The van der Waals surface area contributed by atoms with Crippen LogP contribution in [-0.2, 0) is 10.0 Å². The summed E-state index contributed by atoms with van der Waals surface area (Å²) in [6, 6.07) is 11.4. The van der Waals surface area contributed by atoms with Crippen LogP contribution in [0.5, 0.6) is 5.75 Å². The van der Waals surface area contributed by atoms with Crippen molar-refractivity contribution in [2.24, 2.45) is 0 Å². The van der Waals surface area contributed by atoms with Crippen LogP contribution in [0, 0.1) is 10.1 Å². The number of rotatable bonds is 5. The molecule has 2 aromatic rings. The summed E-state index contributed by atoms with van der Waals surface area (Å²) in [6.07, 6.45) is 0. The van der Waals surface area contributed by atoms with E-state index in [9.17, 15) is 18.5 Å². The highest BCUT2D eigenvalue weighted by molar-refractivity contribution is 7.92. The van der Waals surface area contributed by atoms with Gasteiger partial charge in [0.05, 0.1) is 22.6 Å². The lowest BCUT2D eigenvalue weighted by atomic mass is 10.3. The third-order valence-corrected chi connectivity index (χ3v) is 4.90. The first-order valence-corrected chi connectivity index (χ1v) is 7.67. The normalized spacial score (nSPS) is 11.0. The Hall–Kier alpha value is -2.61. The van der Waals surface area contributed by atoms with Crippen molar-refractivity contribution in [2.45, 2.75) is 4.90 Å². The third-order valence-electron chi connectivity index (χ3n) is 3.12. The molecule has 0 amide bonds. The number of nitro groups is 1. The van der Waals surface area contributed by atoms with Crippen LogP contribution in [0.25, 0.3) is 0 Å². The second-order valence-corrected chi connectivity index (χ2v) is 6.39. The summed E-state index contributed by atoms with van der Waals surface area (Å²) in [5.74, 6) is 0.602. The van der Waals surface area contributed by atoms with E-state index in [4.69, 9.17) is 4.74 Å². The number of hydrogen-bond acceptors (Lipinski definition) is 5. The fraction of sp³-hybridized carbons (Fsp3) is 0.143. The minimum absolute atomic E-state index is 0.139. The zero-order valence-corrected chi connectivity index (χ0v) is 12.8. The molecule has 2 rings (SSSR count). The first-order valence-electron chi connectivity index (χ1n) is 6.23. The molecule has 0 saturated carbocycles. The van der Waals surface area contributed by atoms with E-state index in [1.54, 1.807) is 24.3 Å². The topological polar surface area (TPSA) is 89.8 Å². The standard InChI is InChI=1S/C14H14N2O5S/c1-15(11-6-8-13(21-2)9-7-11)22(19,20)14-5-3-4-12(10-14)16(17)18/h3-10H,1-2H3. The summed E-state index contributed by atoms with van der Waals surface area (Å²) >= 11 is 0. The van der Waals surface area contributed by atoms with Crippen molar-refractivity contribution in [1.29, 1.82) is 0 Å². The van der Waals surface area contributed by atoms with Gasteiger partial charge in [-0.05, 0) is 30.3 Å². The fourth-order valence-corrected chi connectivity index (χ4v) is 3.08. The maximum absolute atomic E-state index is 12.5. The third kappa shape index (κ3) is 3.01.